The number of aryl methyl sites for hydroxylation is 1. The number of nitrogens with zero attached hydrogens (tertiary/aromatic N) is 3. The second-order valence-electron chi connectivity index (χ2n) is 10.5. The molecule has 3 aromatic carbocycles. The molecule has 5 aromatic rings. The molecule has 1 atom stereocenters. The van der Waals surface area contributed by atoms with Crippen molar-refractivity contribution in [1.82, 2.24) is 9.13 Å². The zero-order chi connectivity index (χ0) is 30.2. The van der Waals surface area contributed by atoms with E-state index in [1.165, 1.54) is 16.7 Å². The van der Waals surface area contributed by atoms with Crippen LogP contribution in [-0.2, 0) is 9.53 Å². The highest BCUT2D eigenvalue weighted by molar-refractivity contribution is 7.07. The monoisotopic (exact) mass is 591 g/mol. The minimum Gasteiger partial charge on any atom is -0.494 e. The van der Waals surface area contributed by atoms with Crippen LogP contribution in [0.25, 0.3) is 22.5 Å². The molecular formula is C35H33N3O4S. The summed E-state index contributed by atoms with van der Waals surface area (Å²) in [6.45, 7) is 10.4. The summed E-state index contributed by atoms with van der Waals surface area (Å²) >= 11 is 1.33. The van der Waals surface area contributed by atoms with Crippen LogP contribution < -0.4 is 19.6 Å². The molecule has 218 valence electrons. The van der Waals surface area contributed by atoms with Crippen LogP contribution >= 0.6 is 11.3 Å². The van der Waals surface area contributed by atoms with E-state index >= 15 is 0 Å². The van der Waals surface area contributed by atoms with Gasteiger partial charge in [0.2, 0.25) is 0 Å². The first kappa shape index (κ1) is 28.4. The summed E-state index contributed by atoms with van der Waals surface area (Å²) in [5.41, 5.74) is 5.63. The van der Waals surface area contributed by atoms with Crippen LogP contribution in [0.5, 0.6) is 5.75 Å². The Morgan fingerprint density at radius 2 is 1.72 bits per heavy atom. The number of aromatic nitrogens is 2. The van der Waals surface area contributed by atoms with E-state index in [-0.39, 0.29) is 12.2 Å². The van der Waals surface area contributed by atoms with E-state index in [0.717, 1.165) is 39.3 Å². The molecule has 0 saturated carbocycles. The fourth-order valence-electron chi connectivity index (χ4n) is 5.87. The number of ether oxygens (including phenoxy) is 2. The molecule has 0 spiro atoms. The van der Waals surface area contributed by atoms with Gasteiger partial charge in [0.15, 0.2) is 4.80 Å². The molecule has 0 saturated heterocycles. The summed E-state index contributed by atoms with van der Waals surface area (Å²) in [6.07, 6.45) is 1.94. The largest absolute Gasteiger partial charge is 0.494 e. The maximum absolute atomic E-state index is 14.1. The second kappa shape index (κ2) is 11.5. The molecule has 0 unspecified atom stereocenters. The van der Waals surface area contributed by atoms with E-state index < -0.39 is 12.0 Å². The predicted octanol–water partition coefficient (Wildman–Crippen LogP) is 5.76. The van der Waals surface area contributed by atoms with Gasteiger partial charge in [-0.15, -0.1) is 0 Å². The molecular weight excluding hydrogens is 558 g/mol. The van der Waals surface area contributed by atoms with E-state index in [9.17, 15) is 9.59 Å². The molecule has 0 fully saturated rings. The number of hydrogen-bond acceptors (Lipinski definition) is 6. The fraction of sp³-hybridized carbons (Fsp3) is 0.229. The smallest absolute Gasteiger partial charge is 0.338 e. The Labute approximate surface area is 253 Å². The number of thiazole rings is 1. The SMILES string of the molecule is CCOC(=O)C1=C(C)N=c2sc(=Cc3cc(C)n(-c4cccc5ccccc45)c3C)c(=O)n2[C@H]1c1ccc(OCC)cc1. The van der Waals surface area contributed by atoms with Gasteiger partial charge in [-0.1, -0.05) is 59.9 Å². The molecule has 1 aliphatic heterocycles. The lowest BCUT2D eigenvalue weighted by Gasteiger charge is -2.24. The van der Waals surface area contributed by atoms with E-state index in [1.807, 2.05) is 43.3 Å². The van der Waals surface area contributed by atoms with Crippen molar-refractivity contribution in [2.24, 2.45) is 4.99 Å². The Kier molecular flexibility index (Phi) is 7.62. The topological polar surface area (TPSA) is 74.8 Å². The Hall–Kier alpha value is -4.69. The first-order chi connectivity index (χ1) is 20.8. The summed E-state index contributed by atoms with van der Waals surface area (Å²) in [7, 11) is 0. The molecule has 3 heterocycles. The quantitative estimate of drug-likeness (QED) is 0.226. The minimum atomic E-state index is -0.670. The van der Waals surface area contributed by atoms with Gasteiger partial charge in [0.25, 0.3) is 5.56 Å². The highest BCUT2D eigenvalue weighted by Gasteiger charge is 2.33. The first-order valence-corrected chi connectivity index (χ1v) is 15.2. The van der Waals surface area contributed by atoms with Crippen LogP contribution in [-0.4, -0.2) is 28.3 Å². The maximum Gasteiger partial charge on any atom is 0.338 e. The number of benzene rings is 3. The molecule has 0 aliphatic carbocycles. The molecule has 0 bridgehead atoms. The van der Waals surface area contributed by atoms with E-state index in [2.05, 4.69) is 60.9 Å². The Morgan fingerprint density at radius 3 is 2.47 bits per heavy atom. The highest BCUT2D eigenvalue weighted by atomic mass is 32.1. The minimum absolute atomic E-state index is 0.202. The van der Waals surface area contributed by atoms with E-state index in [1.54, 1.807) is 18.4 Å². The zero-order valence-corrected chi connectivity index (χ0v) is 25.7. The lowest BCUT2D eigenvalue weighted by atomic mass is 9.96. The van der Waals surface area contributed by atoms with Crippen molar-refractivity contribution in [1.29, 1.82) is 0 Å². The van der Waals surface area contributed by atoms with Crippen molar-refractivity contribution >= 4 is 34.2 Å². The molecule has 8 heteroatoms. The summed E-state index contributed by atoms with van der Waals surface area (Å²) in [5.74, 6) is 0.245. The molecule has 0 amide bonds. The van der Waals surface area contributed by atoms with Gasteiger partial charge >= 0.3 is 5.97 Å². The van der Waals surface area contributed by atoms with Crippen molar-refractivity contribution < 1.29 is 14.3 Å². The molecule has 7 nitrogen and oxygen atoms in total. The maximum atomic E-state index is 14.1. The highest BCUT2D eigenvalue weighted by Crippen LogP contribution is 2.32. The molecule has 43 heavy (non-hydrogen) atoms. The summed E-state index contributed by atoms with van der Waals surface area (Å²) in [6, 6.07) is 23.6. The van der Waals surface area contributed by atoms with Crippen molar-refractivity contribution in [3.63, 3.8) is 0 Å². The second-order valence-corrected chi connectivity index (χ2v) is 11.5. The molecule has 0 N–H and O–H groups in total. The number of hydrogen-bond donors (Lipinski definition) is 0. The molecule has 6 rings (SSSR count). The molecule has 0 radical (unpaired) electrons. The van der Waals surface area contributed by atoms with Gasteiger partial charge in [-0.05, 0) is 81.5 Å². The summed E-state index contributed by atoms with van der Waals surface area (Å²) < 4.78 is 15.5. The predicted molar refractivity (Wildman–Crippen MR) is 171 cm³/mol. The number of fused-ring (bicyclic) bond motifs is 2. The Bertz CT molecular complexity index is 2070. The standard InChI is InChI=1S/C35H33N3O4S/c1-6-41-27-17-15-25(16-18-27)32-31(34(40)42-7-2)22(4)36-35-38(32)33(39)30(43-35)20-26-19-21(3)37(23(26)5)29-14-10-12-24-11-8-9-13-28(24)29/h8-20,32H,6-7H2,1-5H3/t32-/m0/s1. The number of carbonyl (C=O) groups is 1. The average molecular weight is 592 g/mol. The molecule has 1 aliphatic rings. The van der Waals surface area contributed by atoms with Gasteiger partial charge in [0, 0.05) is 16.8 Å². The third kappa shape index (κ3) is 5.02. The van der Waals surface area contributed by atoms with Gasteiger partial charge in [0.05, 0.1) is 40.7 Å². The number of allylic oxidation sites excluding steroid dienone is 1. The summed E-state index contributed by atoms with van der Waals surface area (Å²) in [5, 5.41) is 2.33. The lowest BCUT2D eigenvalue weighted by molar-refractivity contribution is -0.139. The van der Waals surface area contributed by atoms with Crippen LogP contribution in [0.1, 0.15) is 49.3 Å². The number of rotatable bonds is 7. The van der Waals surface area contributed by atoms with Crippen LogP contribution in [0.15, 0.2) is 93.9 Å². The van der Waals surface area contributed by atoms with Gasteiger partial charge in [-0.25, -0.2) is 9.79 Å². The van der Waals surface area contributed by atoms with E-state index in [0.29, 0.717) is 27.2 Å². The molecule has 2 aromatic heterocycles. The third-order valence-electron chi connectivity index (χ3n) is 7.79. The Morgan fingerprint density at radius 1 is 0.977 bits per heavy atom. The van der Waals surface area contributed by atoms with Crippen molar-refractivity contribution in [3.8, 4) is 11.4 Å². The van der Waals surface area contributed by atoms with Gasteiger partial charge in [-0.3, -0.25) is 9.36 Å². The van der Waals surface area contributed by atoms with Crippen LogP contribution in [0.3, 0.4) is 0 Å². The first-order valence-electron chi connectivity index (χ1n) is 14.4. The van der Waals surface area contributed by atoms with Crippen LogP contribution in [0, 0.1) is 13.8 Å². The lowest BCUT2D eigenvalue weighted by Crippen LogP contribution is -2.39. The fourth-order valence-corrected chi connectivity index (χ4v) is 6.91. The van der Waals surface area contributed by atoms with Gasteiger partial charge < -0.3 is 14.0 Å². The van der Waals surface area contributed by atoms with Crippen molar-refractivity contribution in [2.45, 2.75) is 40.7 Å². The van der Waals surface area contributed by atoms with Crippen LogP contribution in [0.2, 0.25) is 0 Å². The normalized spacial score (nSPS) is 15.0. The van der Waals surface area contributed by atoms with E-state index in [4.69, 9.17) is 14.5 Å². The number of carbonyl (C=O) groups excluding carboxylic acids is 1. The average Bonchev–Trinajstić information content (AvgIpc) is 3.46. The third-order valence-corrected chi connectivity index (χ3v) is 8.77. The van der Waals surface area contributed by atoms with Crippen molar-refractivity contribution in [3.05, 3.63) is 126 Å². The van der Waals surface area contributed by atoms with Gasteiger partial charge in [0.1, 0.15) is 5.75 Å². The van der Waals surface area contributed by atoms with Crippen molar-refractivity contribution in [2.75, 3.05) is 13.2 Å². The van der Waals surface area contributed by atoms with Crippen LogP contribution in [0.4, 0.5) is 0 Å². The summed E-state index contributed by atoms with van der Waals surface area (Å²) in [4.78, 5) is 32.6. The Balaban J connectivity index is 1.51. The van der Waals surface area contributed by atoms with Gasteiger partial charge in [-0.2, -0.15) is 0 Å². The zero-order valence-electron chi connectivity index (χ0n) is 24.9. The number of esters is 1.